The summed E-state index contributed by atoms with van der Waals surface area (Å²) in [5, 5.41) is 3.38. The molecule has 0 radical (unpaired) electrons. The molecule has 3 heterocycles. The summed E-state index contributed by atoms with van der Waals surface area (Å²) in [5.41, 5.74) is 0. The lowest BCUT2D eigenvalue weighted by atomic mass is 9.94. The number of carbonyl (C=O) groups excluding carboxylic acids is 1. The van der Waals surface area contributed by atoms with Gasteiger partial charge in [-0.15, -0.1) is 0 Å². The van der Waals surface area contributed by atoms with Gasteiger partial charge in [-0.3, -0.25) is 9.69 Å². The SMILES string of the molecule is O=C(CC1CCNCC1)N1CCC(N2CCCCC2)C1. The molecule has 0 aromatic carbocycles. The van der Waals surface area contributed by atoms with E-state index in [1.807, 2.05) is 0 Å². The van der Waals surface area contributed by atoms with Crippen LogP contribution in [0.4, 0.5) is 0 Å². The molecule has 4 heteroatoms. The van der Waals surface area contributed by atoms with Crippen LogP contribution in [-0.4, -0.2) is 61.0 Å². The van der Waals surface area contributed by atoms with Gasteiger partial charge < -0.3 is 10.2 Å². The minimum atomic E-state index is 0.413. The number of hydrogen-bond donors (Lipinski definition) is 1. The van der Waals surface area contributed by atoms with E-state index in [9.17, 15) is 4.79 Å². The molecule has 0 aromatic heterocycles. The van der Waals surface area contributed by atoms with Crippen LogP contribution in [0.5, 0.6) is 0 Å². The van der Waals surface area contributed by atoms with Crippen LogP contribution in [0.15, 0.2) is 0 Å². The average molecular weight is 279 g/mol. The molecule has 0 saturated carbocycles. The predicted octanol–water partition coefficient (Wildman–Crippen LogP) is 1.46. The summed E-state index contributed by atoms with van der Waals surface area (Å²) in [6.07, 6.45) is 8.41. The number of piperidine rings is 2. The Morgan fingerprint density at radius 3 is 2.50 bits per heavy atom. The highest BCUT2D eigenvalue weighted by Crippen LogP contribution is 2.23. The zero-order valence-corrected chi connectivity index (χ0v) is 12.6. The molecule has 0 spiro atoms. The molecule has 3 rings (SSSR count). The van der Waals surface area contributed by atoms with Crippen LogP contribution in [0.1, 0.15) is 44.9 Å². The largest absolute Gasteiger partial charge is 0.341 e. The van der Waals surface area contributed by atoms with Crippen LogP contribution in [0.25, 0.3) is 0 Å². The van der Waals surface area contributed by atoms with Crippen molar-refractivity contribution < 1.29 is 4.79 Å². The Bertz CT molecular complexity index is 322. The van der Waals surface area contributed by atoms with Gasteiger partial charge in [-0.25, -0.2) is 0 Å². The van der Waals surface area contributed by atoms with Gasteiger partial charge in [0.05, 0.1) is 0 Å². The van der Waals surface area contributed by atoms with Gasteiger partial charge in [0, 0.05) is 25.6 Å². The number of amides is 1. The lowest BCUT2D eigenvalue weighted by molar-refractivity contribution is -0.131. The van der Waals surface area contributed by atoms with E-state index in [0.717, 1.165) is 32.6 Å². The van der Waals surface area contributed by atoms with Crippen LogP contribution in [0.2, 0.25) is 0 Å². The van der Waals surface area contributed by atoms with Crippen molar-refractivity contribution in [1.29, 1.82) is 0 Å². The molecule has 3 fully saturated rings. The highest BCUT2D eigenvalue weighted by molar-refractivity contribution is 5.76. The number of nitrogens with zero attached hydrogens (tertiary/aromatic N) is 2. The van der Waals surface area contributed by atoms with Crippen LogP contribution < -0.4 is 5.32 Å². The summed E-state index contributed by atoms with van der Waals surface area (Å²) < 4.78 is 0. The van der Waals surface area contributed by atoms with Crippen molar-refractivity contribution in [2.24, 2.45) is 5.92 Å². The summed E-state index contributed by atoms with van der Waals surface area (Å²) in [6.45, 7) is 6.67. The Morgan fingerprint density at radius 1 is 1.00 bits per heavy atom. The van der Waals surface area contributed by atoms with Gasteiger partial charge >= 0.3 is 0 Å². The van der Waals surface area contributed by atoms with Gasteiger partial charge in [0.2, 0.25) is 5.91 Å². The molecule has 1 atom stereocenters. The number of nitrogens with one attached hydrogen (secondary N) is 1. The molecule has 114 valence electrons. The molecule has 1 N–H and O–H groups in total. The molecule has 1 amide bonds. The fourth-order valence-electron chi connectivity index (χ4n) is 4.01. The van der Waals surface area contributed by atoms with Crippen LogP contribution in [0.3, 0.4) is 0 Å². The van der Waals surface area contributed by atoms with Gasteiger partial charge in [0.15, 0.2) is 0 Å². The fourth-order valence-corrected chi connectivity index (χ4v) is 4.01. The van der Waals surface area contributed by atoms with Crippen molar-refractivity contribution in [2.45, 2.75) is 51.0 Å². The normalized spacial score (nSPS) is 29.8. The third kappa shape index (κ3) is 3.53. The zero-order valence-electron chi connectivity index (χ0n) is 12.6. The Labute approximate surface area is 122 Å². The van der Waals surface area contributed by atoms with Crippen LogP contribution in [-0.2, 0) is 4.79 Å². The van der Waals surface area contributed by atoms with E-state index in [-0.39, 0.29) is 0 Å². The molecule has 3 aliphatic rings. The zero-order chi connectivity index (χ0) is 13.8. The van der Waals surface area contributed by atoms with Gasteiger partial charge in [0.1, 0.15) is 0 Å². The lowest BCUT2D eigenvalue weighted by Crippen LogP contribution is -2.42. The minimum absolute atomic E-state index is 0.413. The first-order valence-corrected chi connectivity index (χ1v) is 8.55. The predicted molar refractivity (Wildman–Crippen MR) is 80.6 cm³/mol. The van der Waals surface area contributed by atoms with E-state index in [4.69, 9.17) is 0 Å². The lowest BCUT2D eigenvalue weighted by Gasteiger charge is -2.32. The standard InChI is InChI=1S/C16H29N3O/c20-16(12-14-4-7-17-8-5-14)19-11-6-15(13-19)18-9-2-1-3-10-18/h14-15,17H,1-13H2. The second kappa shape index (κ2) is 6.90. The van der Waals surface area contributed by atoms with Crippen molar-refractivity contribution in [2.75, 3.05) is 39.3 Å². The van der Waals surface area contributed by atoms with E-state index in [0.29, 0.717) is 17.9 Å². The number of rotatable bonds is 3. The molecule has 20 heavy (non-hydrogen) atoms. The molecule has 4 nitrogen and oxygen atoms in total. The average Bonchev–Trinajstić information content (AvgIpc) is 2.99. The van der Waals surface area contributed by atoms with Crippen LogP contribution in [0, 0.1) is 5.92 Å². The van der Waals surface area contributed by atoms with Gasteiger partial charge in [-0.1, -0.05) is 6.42 Å². The summed E-state index contributed by atoms with van der Waals surface area (Å²) in [6, 6.07) is 0.646. The smallest absolute Gasteiger partial charge is 0.222 e. The number of carbonyl (C=O) groups is 1. The topological polar surface area (TPSA) is 35.6 Å². The third-order valence-corrected chi connectivity index (χ3v) is 5.35. The maximum atomic E-state index is 12.4. The van der Waals surface area contributed by atoms with E-state index >= 15 is 0 Å². The molecule has 1 unspecified atom stereocenters. The van der Waals surface area contributed by atoms with Crippen molar-refractivity contribution in [3.05, 3.63) is 0 Å². The Kier molecular flexibility index (Phi) is 4.94. The Hall–Kier alpha value is -0.610. The molecule has 0 aliphatic carbocycles. The summed E-state index contributed by atoms with van der Waals surface area (Å²) >= 11 is 0. The fraction of sp³-hybridized carbons (Fsp3) is 0.938. The van der Waals surface area contributed by atoms with Crippen molar-refractivity contribution in [3.8, 4) is 0 Å². The molecule has 3 aliphatic heterocycles. The summed E-state index contributed by atoms with van der Waals surface area (Å²) in [7, 11) is 0. The van der Waals surface area contributed by atoms with Crippen molar-refractivity contribution in [3.63, 3.8) is 0 Å². The van der Waals surface area contributed by atoms with E-state index in [1.54, 1.807) is 0 Å². The first kappa shape index (κ1) is 14.3. The molecule has 3 saturated heterocycles. The van der Waals surface area contributed by atoms with E-state index in [1.165, 1.54) is 51.6 Å². The summed E-state index contributed by atoms with van der Waals surface area (Å²) in [5.74, 6) is 1.04. The molecular weight excluding hydrogens is 250 g/mol. The first-order valence-electron chi connectivity index (χ1n) is 8.55. The molecular formula is C16H29N3O. The third-order valence-electron chi connectivity index (χ3n) is 5.35. The van der Waals surface area contributed by atoms with E-state index < -0.39 is 0 Å². The maximum absolute atomic E-state index is 12.4. The van der Waals surface area contributed by atoms with E-state index in [2.05, 4.69) is 15.1 Å². The quantitative estimate of drug-likeness (QED) is 0.849. The second-order valence-electron chi connectivity index (χ2n) is 6.78. The highest BCUT2D eigenvalue weighted by atomic mass is 16.2. The first-order chi connectivity index (χ1) is 9.83. The van der Waals surface area contributed by atoms with Gasteiger partial charge in [0.25, 0.3) is 0 Å². The molecule has 0 aromatic rings. The molecule has 0 bridgehead atoms. The Balaban J connectivity index is 1.45. The minimum Gasteiger partial charge on any atom is -0.341 e. The van der Waals surface area contributed by atoms with Gasteiger partial charge in [-0.2, -0.15) is 0 Å². The number of likely N-dealkylation sites (tertiary alicyclic amines) is 2. The number of hydrogen-bond acceptors (Lipinski definition) is 3. The maximum Gasteiger partial charge on any atom is 0.222 e. The Morgan fingerprint density at radius 2 is 1.75 bits per heavy atom. The highest BCUT2D eigenvalue weighted by Gasteiger charge is 2.31. The second-order valence-corrected chi connectivity index (χ2v) is 6.78. The van der Waals surface area contributed by atoms with Crippen molar-refractivity contribution in [1.82, 2.24) is 15.1 Å². The van der Waals surface area contributed by atoms with Gasteiger partial charge in [-0.05, 0) is 64.2 Å². The van der Waals surface area contributed by atoms with Crippen molar-refractivity contribution >= 4 is 5.91 Å². The monoisotopic (exact) mass is 279 g/mol. The summed E-state index contributed by atoms with van der Waals surface area (Å²) in [4.78, 5) is 17.2. The van der Waals surface area contributed by atoms with Crippen LogP contribution >= 0.6 is 0 Å².